The molecule has 5 nitrogen and oxygen atoms in total. The monoisotopic (exact) mass is 408 g/mol. The van der Waals surface area contributed by atoms with Gasteiger partial charge in [0.2, 0.25) is 11.4 Å². The van der Waals surface area contributed by atoms with E-state index in [-0.39, 0.29) is 16.0 Å². The summed E-state index contributed by atoms with van der Waals surface area (Å²) in [6, 6.07) is 22.1. The van der Waals surface area contributed by atoms with Gasteiger partial charge in [0.1, 0.15) is 4.90 Å². The second-order valence-electron chi connectivity index (χ2n) is 6.55. The number of hydrogen-bond acceptors (Lipinski definition) is 5. The summed E-state index contributed by atoms with van der Waals surface area (Å²) in [5.41, 5.74) is -1.17. The lowest BCUT2D eigenvalue weighted by atomic mass is 9.84. The summed E-state index contributed by atoms with van der Waals surface area (Å²) in [4.78, 5) is 13.1. The zero-order chi connectivity index (χ0) is 21.1. The van der Waals surface area contributed by atoms with E-state index in [0.717, 1.165) is 5.56 Å². The molecule has 1 atom stereocenters. The maximum atomic E-state index is 13.2. The molecule has 6 heteroatoms. The summed E-state index contributed by atoms with van der Waals surface area (Å²) >= 11 is 0. The molecule has 148 valence electrons. The van der Waals surface area contributed by atoms with Gasteiger partial charge in [-0.1, -0.05) is 84.9 Å². The maximum absolute atomic E-state index is 13.2. The van der Waals surface area contributed by atoms with Crippen LogP contribution < -0.4 is 0 Å². The molecular weight excluding hydrogens is 388 g/mol. The van der Waals surface area contributed by atoms with Crippen LogP contribution >= 0.6 is 0 Å². The van der Waals surface area contributed by atoms with Crippen molar-refractivity contribution < 1.29 is 22.5 Å². The summed E-state index contributed by atoms with van der Waals surface area (Å²) in [5, 5.41) is 11.4. The Balaban J connectivity index is 2.04. The van der Waals surface area contributed by atoms with E-state index < -0.39 is 27.3 Å². The van der Waals surface area contributed by atoms with Crippen molar-refractivity contribution in [1.82, 2.24) is 0 Å². The van der Waals surface area contributed by atoms with Gasteiger partial charge in [-0.25, -0.2) is 0 Å². The van der Waals surface area contributed by atoms with Crippen molar-refractivity contribution in [2.45, 2.75) is 17.4 Å². The van der Waals surface area contributed by atoms with E-state index >= 15 is 0 Å². The predicted molar refractivity (Wildman–Crippen MR) is 110 cm³/mol. The minimum atomic E-state index is -4.29. The first-order valence-corrected chi connectivity index (χ1v) is 10.2. The number of carbonyl (C=O) groups excluding carboxylic acids is 1. The van der Waals surface area contributed by atoms with Gasteiger partial charge in [-0.2, -0.15) is 8.42 Å². The fourth-order valence-corrected chi connectivity index (χ4v) is 3.79. The van der Waals surface area contributed by atoms with Crippen LogP contribution in [0.1, 0.15) is 21.5 Å². The SMILES string of the molecule is C=C(OS(=O)(=O)c1ccc(C)cc1)C(O)(C(=O)c1ccccc1)c1ccccc1. The van der Waals surface area contributed by atoms with Crippen molar-refractivity contribution in [1.29, 1.82) is 0 Å². The molecule has 0 heterocycles. The van der Waals surface area contributed by atoms with Crippen molar-refractivity contribution in [3.05, 3.63) is 114 Å². The Hall–Kier alpha value is -3.22. The van der Waals surface area contributed by atoms with Crippen LogP contribution in [-0.4, -0.2) is 19.3 Å². The average Bonchev–Trinajstić information content (AvgIpc) is 2.73. The lowest BCUT2D eigenvalue weighted by Gasteiger charge is -2.28. The maximum Gasteiger partial charge on any atom is 0.339 e. The number of carbonyl (C=O) groups is 1. The molecule has 3 rings (SSSR count). The van der Waals surface area contributed by atoms with Gasteiger partial charge in [0.15, 0.2) is 5.76 Å². The Morgan fingerprint density at radius 3 is 1.97 bits per heavy atom. The van der Waals surface area contributed by atoms with Crippen LogP contribution in [0.15, 0.2) is 102 Å². The standard InChI is InChI=1S/C23H20O5S/c1-17-13-15-21(16-14-17)29(26,27)28-18(2)23(25,20-11-7-4-8-12-20)22(24)19-9-5-3-6-10-19/h3-16,25H,2H2,1H3. The Kier molecular flexibility index (Phi) is 5.68. The van der Waals surface area contributed by atoms with E-state index in [2.05, 4.69) is 6.58 Å². The summed E-state index contributed by atoms with van der Waals surface area (Å²) in [5.74, 6) is -1.34. The van der Waals surface area contributed by atoms with Gasteiger partial charge in [-0.3, -0.25) is 4.79 Å². The highest BCUT2D eigenvalue weighted by Crippen LogP contribution is 2.35. The van der Waals surface area contributed by atoms with E-state index in [4.69, 9.17) is 4.18 Å². The quantitative estimate of drug-likeness (QED) is 0.363. The first-order chi connectivity index (χ1) is 13.7. The minimum absolute atomic E-state index is 0.105. The van der Waals surface area contributed by atoms with Crippen LogP contribution in [0.3, 0.4) is 0 Å². The van der Waals surface area contributed by atoms with Crippen LogP contribution in [0.5, 0.6) is 0 Å². The lowest BCUT2D eigenvalue weighted by molar-refractivity contribution is 0.0321. The van der Waals surface area contributed by atoms with E-state index in [0.29, 0.717) is 0 Å². The number of aliphatic hydroxyl groups is 1. The number of rotatable bonds is 7. The Morgan fingerprint density at radius 1 is 0.897 bits per heavy atom. The molecule has 0 aliphatic heterocycles. The first kappa shape index (κ1) is 20.5. The summed E-state index contributed by atoms with van der Waals surface area (Å²) in [6.07, 6.45) is 0. The molecule has 0 spiro atoms. The molecule has 0 bridgehead atoms. The molecule has 0 aromatic heterocycles. The third kappa shape index (κ3) is 4.13. The van der Waals surface area contributed by atoms with Crippen molar-refractivity contribution in [2.24, 2.45) is 0 Å². The van der Waals surface area contributed by atoms with Gasteiger partial charge in [-0.05, 0) is 24.6 Å². The number of Topliss-reactive ketones (excluding diaryl/α,β-unsaturated/α-hetero) is 1. The van der Waals surface area contributed by atoms with E-state index in [1.165, 1.54) is 36.4 Å². The normalized spacial score (nSPS) is 13.3. The largest absolute Gasteiger partial charge is 0.380 e. The van der Waals surface area contributed by atoms with Crippen LogP contribution in [0.2, 0.25) is 0 Å². The zero-order valence-electron chi connectivity index (χ0n) is 15.8. The molecular formula is C23H20O5S. The third-order valence-electron chi connectivity index (χ3n) is 4.48. The summed E-state index contributed by atoms with van der Waals surface area (Å²) in [6.45, 7) is 5.43. The second-order valence-corrected chi connectivity index (χ2v) is 8.09. The Bertz CT molecular complexity index is 1120. The van der Waals surface area contributed by atoms with Crippen LogP contribution in [0, 0.1) is 6.92 Å². The Labute approximate surface area is 170 Å². The topological polar surface area (TPSA) is 80.7 Å². The van der Waals surface area contributed by atoms with Gasteiger partial charge in [0.25, 0.3) is 0 Å². The fraction of sp³-hybridized carbons (Fsp3) is 0.0870. The third-order valence-corrected chi connectivity index (χ3v) is 5.75. The highest BCUT2D eigenvalue weighted by Gasteiger charge is 2.44. The molecule has 3 aromatic carbocycles. The Morgan fingerprint density at radius 2 is 1.41 bits per heavy atom. The number of ketones is 1. The minimum Gasteiger partial charge on any atom is -0.380 e. The molecule has 0 aliphatic rings. The van der Waals surface area contributed by atoms with Gasteiger partial charge in [0.05, 0.1) is 0 Å². The number of benzene rings is 3. The molecule has 1 unspecified atom stereocenters. The van der Waals surface area contributed by atoms with Crippen LogP contribution in [-0.2, 0) is 19.9 Å². The lowest BCUT2D eigenvalue weighted by Crippen LogP contribution is -2.39. The second kappa shape index (κ2) is 8.03. The fourth-order valence-electron chi connectivity index (χ4n) is 2.84. The molecule has 1 N–H and O–H groups in total. The van der Waals surface area contributed by atoms with Crippen molar-refractivity contribution in [2.75, 3.05) is 0 Å². The van der Waals surface area contributed by atoms with Gasteiger partial charge >= 0.3 is 10.1 Å². The summed E-state index contributed by atoms with van der Waals surface area (Å²) < 4.78 is 30.5. The van der Waals surface area contributed by atoms with Gasteiger partial charge < -0.3 is 9.29 Å². The van der Waals surface area contributed by atoms with Crippen molar-refractivity contribution in [3.8, 4) is 0 Å². The van der Waals surface area contributed by atoms with Crippen molar-refractivity contribution in [3.63, 3.8) is 0 Å². The molecule has 0 radical (unpaired) electrons. The molecule has 0 amide bonds. The number of aryl methyl sites for hydroxylation is 1. The number of hydrogen-bond donors (Lipinski definition) is 1. The predicted octanol–water partition coefficient (Wildman–Crippen LogP) is 3.98. The van der Waals surface area contributed by atoms with Gasteiger partial charge in [0, 0.05) is 5.56 Å². The molecule has 0 saturated heterocycles. The molecule has 0 fully saturated rings. The summed E-state index contributed by atoms with van der Waals surface area (Å²) in [7, 11) is -4.29. The smallest absolute Gasteiger partial charge is 0.339 e. The average molecular weight is 408 g/mol. The van der Waals surface area contributed by atoms with Gasteiger partial charge in [-0.15, -0.1) is 0 Å². The van der Waals surface area contributed by atoms with Crippen LogP contribution in [0.25, 0.3) is 0 Å². The molecule has 29 heavy (non-hydrogen) atoms. The molecule has 3 aromatic rings. The van der Waals surface area contributed by atoms with E-state index in [1.807, 2.05) is 6.92 Å². The first-order valence-electron chi connectivity index (χ1n) is 8.83. The molecule has 0 saturated carbocycles. The van der Waals surface area contributed by atoms with E-state index in [9.17, 15) is 18.3 Å². The zero-order valence-corrected chi connectivity index (χ0v) is 16.6. The van der Waals surface area contributed by atoms with Crippen LogP contribution in [0.4, 0.5) is 0 Å². The highest BCUT2D eigenvalue weighted by molar-refractivity contribution is 7.86. The highest BCUT2D eigenvalue weighted by atomic mass is 32.2. The van der Waals surface area contributed by atoms with E-state index in [1.54, 1.807) is 48.5 Å². The van der Waals surface area contributed by atoms with Crippen molar-refractivity contribution >= 4 is 15.9 Å². The molecule has 0 aliphatic carbocycles.